The monoisotopic (exact) mass is 1240 g/mol. The molecule has 4 heteroatoms. The summed E-state index contributed by atoms with van der Waals surface area (Å²) in [6.07, 6.45) is 11.2. The van der Waals surface area contributed by atoms with Crippen molar-refractivity contribution in [3.8, 4) is 0 Å². The van der Waals surface area contributed by atoms with Crippen molar-refractivity contribution in [2.24, 2.45) is 0 Å². The molecule has 0 saturated carbocycles. The van der Waals surface area contributed by atoms with E-state index < -0.39 is 0 Å². The van der Waals surface area contributed by atoms with Crippen LogP contribution in [0.25, 0.3) is 162 Å². The standard InChI is InChI=1S/C19H14.4C18H13N.5H2/c1-13-10-11-18-16-8-3-2-6-14(16)15-7-4-5-9-17(15)19(18)12-13;1-12-8-9-14-13-5-2-3-6-15(13)18-16(17(14)11-12)7-4-10-19-18;1-12-8-9-16-17(11-12)14-6-3-2-5-13(14)15-7-4-10-19-18(15)16;1-12-6-7-15-16-8-9-19-11-18(16)14-5-3-2-4-13(14)17(15)10-12;1-12-6-7-15-17(10-12)14-5-3-2-4-13(14)16-8-9-19-11-18(15)16;;;;;/h2-12H,1H3;4*2-11H,1H3;5*1H/i5*1D;5*1+1D. The van der Waals surface area contributed by atoms with Crippen LogP contribution in [0.3, 0.4) is 0 Å². The van der Waals surface area contributed by atoms with Crippen LogP contribution in [0, 0.1) is 34.5 Å². The van der Waals surface area contributed by atoms with Crippen molar-refractivity contribution in [3.63, 3.8) is 0 Å². The highest BCUT2D eigenvalue weighted by Crippen LogP contribution is 2.40. The van der Waals surface area contributed by atoms with Gasteiger partial charge >= 0.3 is 0 Å². The molecule has 0 amide bonds. The number of pyridine rings is 4. The molecule has 0 spiro atoms. The van der Waals surface area contributed by atoms with Gasteiger partial charge < -0.3 is 0 Å². The Kier molecular flexibility index (Phi) is 12.4. The van der Waals surface area contributed by atoms with Crippen LogP contribution in [0.4, 0.5) is 0 Å². The highest BCUT2D eigenvalue weighted by molar-refractivity contribution is 6.29. The molecule has 0 unspecified atom stereocenters. The van der Waals surface area contributed by atoms with Gasteiger partial charge in [0.25, 0.3) is 0 Å². The number of hydrogen-bond acceptors (Lipinski definition) is 4. The van der Waals surface area contributed by atoms with Crippen LogP contribution in [0.5, 0.6) is 0 Å². The number of aromatic nitrogens is 4. The van der Waals surface area contributed by atoms with Crippen LogP contribution in [0.1, 0.15) is 49.5 Å². The van der Waals surface area contributed by atoms with E-state index in [2.05, 4.69) is 257 Å². The van der Waals surface area contributed by atoms with Crippen LogP contribution in [-0.2, 0) is 0 Å². The molecule has 4 heterocycles. The van der Waals surface area contributed by atoms with E-state index in [1.807, 2.05) is 73.6 Å². The van der Waals surface area contributed by atoms with E-state index in [0.717, 1.165) is 49.6 Å². The molecular weight excluding hydrogens is 1150 g/mol. The summed E-state index contributed by atoms with van der Waals surface area (Å²) in [5.41, 5.74) is 7.33. The molecule has 0 aliphatic rings. The van der Waals surface area contributed by atoms with E-state index in [4.69, 9.17) is 21.7 Å². The number of rotatable bonds is 0. The van der Waals surface area contributed by atoms with Gasteiger partial charge in [-0.25, -0.2) is 0 Å². The van der Waals surface area contributed by atoms with Crippen molar-refractivity contribution in [1.82, 2.24) is 19.9 Å². The number of benzene rings is 16. The molecular formula is C91H76N4. The van der Waals surface area contributed by atoms with Crippen molar-refractivity contribution in [2.75, 3.05) is 0 Å². The fraction of sp³-hybridized carbons (Fsp3) is 0.0549. The lowest BCUT2D eigenvalue weighted by Crippen LogP contribution is -1.86. The Hall–Kier alpha value is -12.0. The predicted molar refractivity (Wildman–Crippen MR) is 420 cm³/mol. The van der Waals surface area contributed by atoms with Gasteiger partial charge in [0.2, 0.25) is 0 Å². The van der Waals surface area contributed by atoms with Crippen molar-refractivity contribution < 1.29 is 21.7 Å². The molecule has 0 bridgehead atoms. The third kappa shape index (κ3) is 10.6. The van der Waals surface area contributed by atoms with Gasteiger partial charge in [-0.1, -0.05) is 277 Å². The molecule has 16 aromatic carbocycles. The first-order valence-corrected chi connectivity index (χ1v) is 31.9. The van der Waals surface area contributed by atoms with Crippen LogP contribution >= 0.6 is 0 Å². The Labute approximate surface area is 573 Å². The highest BCUT2D eigenvalue weighted by Gasteiger charge is 2.14. The molecule has 4 nitrogen and oxygen atoms in total. The zero-order chi connectivity index (χ0) is 77.6. The van der Waals surface area contributed by atoms with Gasteiger partial charge in [0.05, 0.1) is 11.0 Å². The van der Waals surface area contributed by atoms with Gasteiger partial charge in [0, 0.05) is 91.2 Å². The van der Waals surface area contributed by atoms with Crippen molar-refractivity contribution in [3.05, 3.63) is 338 Å². The first-order chi connectivity index (χ1) is 54.4. The molecule has 20 aromatic rings. The quantitative estimate of drug-likeness (QED) is 0.142. The van der Waals surface area contributed by atoms with Crippen LogP contribution < -0.4 is 0 Å². The minimum absolute atomic E-state index is 0.310. The zero-order valence-corrected chi connectivity index (χ0v) is 52.3. The Bertz CT molecular complexity index is 5490. The smallest absolute Gasteiger partial charge is 0.0786 e. The lowest BCUT2D eigenvalue weighted by molar-refractivity contribution is 1.37. The van der Waals surface area contributed by atoms with E-state index in [-0.39, 0.29) is 0 Å². The normalized spacial score (nSPS) is 12.5. The summed E-state index contributed by atoms with van der Waals surface area (Å²) in [6, 6.07) is 94.7. The molecule has 0 aliphatic carbocycles. The number of hydrogen-bond donors (Lipinski definition) is 0. The van der Waals surface area contributed by atoms with E-state index >= 15 is 0 Å². The van der Waals surface area contributed by atoms with Gasteiger partial charge in [0.15, 0.2) is 0 Å². The average molecular weight is 1240 g/mol. The molecule has 0 saturated heterocycles. The van der Waals surface area contributed by atoms with Crippen molar-refractivity contribution in [1.29, 1.82) is 0 Å². The molecule has 20 rings (SSSR count). The molecule has 95 heavy (non-hydrogen) atoms. The Morgan fingerprint density at radius 1 is 0.200 bits per heavy atom. The molecule has 460 valence electrons. The van der Waals surface area contributed by atoms with Gasteiger partial charge in [0.1, 0.15) is 0 Å². The molecule has 0 atom stereocenters. The zero-order valence-electron chi connectivity index (χ0n) is 67.3. The van der Waals surface area contributed by atoms with Gasteiger partial charge in [-0.3, -0.25) is 19.9 Å². The average Bonchev–Trinajstić information content (AvgIpc) is 0.778. The predicted octanol–water partition coefficient (Wildman–Crippen LogP) is 26.1. The summed E-state index contributed by atoms with van der Waals surface area (Å²) in [5.74, 6) is 0. The summed E-state index contributed by atoms with van der Waals surface area (Å²) in [6.45, 7) is 1.58. The highest BCUT2D eigenvalue weighted by atomic mass is 14.7. The summed E-state index contributed by atoms with van der Waals surface area (Å²) >= 11 is 0. The SMILES string of the molecule is [2H]Cc1ccc2c(c1)c1ccccc1c1cccnc12.[2H]Cc1ccc2c3ccccc3c3ccccc3c2c1.[2H]Cc1ccc2c3ccccc3c3ncccc3c2c1.[2H]Cc1ccc2c3ccncc3c3ccccc3c2c1.[2H]Cc1ccc2c3cnccc3c3ccccc3c2c1.[2H][2H].[2H][2H].[2H][2H].[2H][2H].[2H][2H]. The maximum Gasteiger partial charge on any atom is 0.0786 e. The van der Waals surface area contributed by atoms with Crippen LogP contribution in [-0.4, -0.2) is 19.9 Å². The second kappa shape index (κ2) is 24.6. The first kappa shape index (κ1) is 47.9. The maximum atomic E-state index is 7.59. The molecule has 0 N–H and O–H groups in total. The first-order valence-electron chi connectivity index (χ1n) is 40.4. The molecule has 0 radical (unpaired) electrons. The van der Waals surface area contributed by atoms with Crippen LogP contribution in [0.15, 0.2) is 310 Å². The number of fused-ring (bicyclic) bond motifs is 30. The Balaban J connectivity index is 0.000000132. The lowest BCUT2D eigenvalue weighted by Gasteiger charge is -2.10. The van der Waals surface area contributed by atoms with Gasteiger partial charge in [-0.2, -0.15) is 0 Å². The minimum Gasteiger partial charge on any atom is -0.264 e. The second-order valence-electron chi connectivity index (χ2n) is 24.3. The number of aryl methyl sites for hydroxylation is 5. The van der Waals surface area contributed by atoms with Gasteiger partial charge in [-0.05, 0) is 177 Å². The topological polar surface area (TPSA) is 51.6 Å². The third-order valence-corrected chi connectivity index (χ3v) is 18.5. The summed E-state index contributed by atoms with van der Waals surface area (Å²) in [7, 11) is 0. The van der Waals surface area contributed by atoms with E-state index in [1.165, 1.54) is 140 Å². The fourth-order valence-electron chi connectivity index (χ4n) is 14.3. The van der Waals surface area contributed by atoms with E-state index in [9.17, 15) is 0 Å². The molecule has 0 aliphatic heterocycles. The fourth-order valence-corrected chi connectivity index (χ4v) is 14.3. The third-order valence-electron chi connectivity index (χ3n) is 18.5. The summed E-state index contributed by atoms with van der Waals surface area (Å²) in [4.78, 5) is 17.7. The lowest BCUT2D eigenvalue weighted by atomic mass is 9.93. The van der Waals surface area contributed by atoms with Crippen molar-refractivity contribution >= 4 is 162 Å². The summed E-state index contributed by atoms with van der Waals surface area (Å²) < 4.78 is 87.9. The molecule has 0 fully saturated rings. The largest absolute Gasteiger partial charge is 0.264 e. The van der Waals surface area contributed by atoms with E-state index in [1.54, 1.807) is 0 Å². The summed E-state index contributed by atoms with van der Waals surface area (Å²) in [5, 5.41) is 34.4. The van der Waals surface area contributed by atoms with Gasteiger partial charge in [-0.15, -0.1) is 0 Å². The second-order valence-corrected chi connectivity index (χ2v) is 24.3. The minimum atomic E-state index is 0.310. The Morgan fingerprint density at radius 2 is 0.400 bits per heavy atom. The maximum absolute atomic E-state index is 7.59. The number of nitrogens with zero attached hydrogens (tertiary/aromatic N) is 4. The van der Waals surface area contributed by atoms with Crippen LogP contribution in [0.2, 0.25) is 0 Å². The Morgan fingerprint density at radius 3 is 0.716 bits per heavy atom. The van der Waals surface area contributed by atoms with Crippen molar-refractivity contribution in [2.45, 2.75) is 34.5 Å². The molecule has 4 aromatic heterocycles. The van der Waals surface area contributed by atoms with E-state index in [0.29, 0.717) is 34.5 Å².